The Morgan fingerprint density at radius 1 is 1.47 bits per heavy atom. The molecule has 1 heterocycles. The van der Waals surface area contributed by atoms with Gasteiger partial charge in [0.2, 0.25) is 0 Å². The minimum absolute atomic E-state index is 0.0194. The molecule has 2 atom stereocenters. The van der Waals surface area contributed by atoms with Crippen molar-refractivity contribution in [2.45, 2.75) is 16.8 Å². The number of esters is 1. The maximum atomic E-state index is 11.1. The summed E-state index contributed by atoms with van der Waals surface area (Å²) >= 11 is 1.23. The van der Waals surface area contributed by atoms with Gasteiger partial charge in [-0.1, -0.05) is 0 Å². The molecule has 2 N–H and O–H groups in total. The van der Waals surface area contributed by atoms with E-state index in [2.05, 4.69) is 0 Å². The number of carbonyl (C=O) groups is 2. The number of hydrogen-bond donors (Lipinski definition) is 2. The molecule has 2 unspecified atom stereocenters. The average molecular weight is 314 g/mol. The summed E-state index contributed by atoms with van der Waals surface area (Å²) in [6, 6.07) is 7.54. The number of hydrogen-bond acceptors (Lipinski definition) is 4. The molecule has 0 fully saturated rings. The van der Waals surface area contributed by atoms with E-state index in [1.54, 1.807) is 0 Å². The van der Waals surface area contributed by atoms with E-state index in [1.165, 1.54) is 31.6 Å². The Balaban J connectivity index is 0.000000209. The first-order valence-corrected chi connectivity index (χ1v) is 6.27. The molecular weight excluding hydrogens is 303 g/mol. The van der Waals surface area contributed by atoms with Gasteiger partial charge in [-0.25, -0.2) is 4.79 Å². The molecule has 6 heteroatoms. The van der Waals surface area contributed by atoms with Crippen LogP contribution in [0, 0.1) is 0 Å². The molecule has 0 saturated heterocycles. The van der Waals surface area contributed by atoms with Crippen LogP contribution in [0.1, 0.15) is 26.7 Å². The van der Waals surface area contributed by atoms with E-state index in [9.17, 15) is 9.59 Å². The van der Waals surface area contributed by atoms with Crippen molar-refractivity contribution in [2.24, 2.45) is 0 Å². The topological polar surface area (TPSA) is 83.8 Å². The van der Waals surface area contributed by atoms with Crippen molar-refractivity contribution >= 4 is 11.9 Å². The maximum absolute atomic E-state index is 11.1. The van der Waals surface area contributed by atoms with Crippen molar-refractivity contribution in [3.63, 3.8) is 0 Å². The van der Waals surface area contributed by atoms with E-state index in [0.717, 1.165) is 11.1 Å². The van der Waals surface area contributed by atoms with Gasteiger partial charge >= 0.3 is 85.4 Å². The molecule has 1 aliphatic rings. The van der Waals surface area contributed by atoms with Crippen LogP contribution in [0.25, 0.3) is 0 Å². The van der Waals surface area contributed by atoms with Gasteiger partial charge in [0.1, 0.15) is 6.10 Å². The fourth-order valence-electron chi connectivity index (χ4n) is 1.15. The van der Waals surface area contributed by atoms with Crippen LogP contribution in [0.3, 0.4) is 0 Å². The number of carboxylic acid groups (broad SMARTS) is 1. The summed E-state index contributed by atoms with van der Waals surface area (Å²) in [6.07, 6.45) is -1.23. The molecule has 89 valence electrons. The summed E-state index contributed by atoms with van der Waals surface area (Å²) in [4.78, 5) is 20.5. The van der Waals surface area contributed by atoms with Crippen LogP contribution < -0.4 is 0 Å². The van der Waals surface area contributed by atoms with Crippen LogP contribution in [0.5, 0.6) is 0 Å². The van der Waals surface area contributed by atoms with Gasteiger partial charge in [-0.05, 0) is 6.92 Å². The first-order valence-electron chi connectivity index (χ1n) is 4.85. The van der Waals surface area contributed by atoms with Crippen molar-refractivity contribution < 1.29 is 49.3 Å². The normalized spacial score (nSPS) is 18.4. The number of benzene rings is 1. The van der Waals surface area contributed by atoms with E-state index in [4.69, 9.17) is 14.9 Å². The molecule has 0 saturated carbocycles. The van der Waals surface area contributed by atoms with Crippen LogP contribution in [0.4, 0.5) is 0 Å². The summed E-state index contributed by atoms with van der Waals surface area (Å²) in [5.41, 5.74) is 1.77. The molecular formula is C11H11O5Zr. The number of aliphatic hydroxyl groups is 1. The van der Waals surface area contributed by atoms with E-state index in [1.807, 2.05) is 24.3 Å². The first-order chi connectivity index (χ1) is 7.93. The molecule has 17 heavy (non-hydrogen) atoms. The molecule has 1 aliphatic heterocycles. The Labute approximate surface area is 113 Å². The molecule has 1 aromatic carbocycles. The standard InChI is InChI=1S/C8H5O2.C3H6O3.Zr/c9-8-7-4-2-1-3-6(7)5-10-8;1-2(4)3(5)6;/h1-5H;2,4H,1H3,(H,5,6);. The van der Waals surface area contributed by atoms with Crippen molar-refractivity contribution in [3.8, 4) is 0 Å². The Hall–Kier alpha value is -0.997. The Kier molecular flexibility index (Phi) is 5.03. The summed E-state index contributed by atoms with van der Waals surface area (Å²) < 4.78 is 5.05. The van der Waals surface area contributed by atoms with Crippen LogP contribution in [-0.2, 0) is 34.3 Å². The zero-order chi connectivity index (χ0) is 13.0. The summed E-state index contributed by atoms with van der Waals surface area (Å²) in [5, 5.41) is 15.8. The SMILES string of the molecule is CC(O)C(=O)O.O=C1O[CH]([Zr])c2ccccc21. The van der Waals surface area contributed by atoms with Gasteiger partial charge in [-0.3, -0.25) is 0 Å². The predicted octanol–water partition coefficient (Wildman–Crippen LogP) is 0.854. The number of carbonyl (C=O) groups excluding carboxylic acids is 1. The van der Waals surface area contributed by atoms with Crippen molar-refractivity contribution in [1.29, 1.82) is 0 Å². The molecule has 0 aromatic heterocycles. The number of rotatable bonds is 1. The van der Waals surface area contributed by atoms with Crippen molar-refractivity contribution in [1.82, 2.24) is 0 Å². The zero-order valence-corrected chi connectivity index (χ0v) is 11.5. The molecule has 0 amide bonds. The Morgan fingerprint density at radius 3 is 2.47 bits per heavy atom. The van der Waals surface area contributed by atoms with Gasteiger partial charge < -0.3 is 10.2 Å². The van der Waals surface area contributed by atoms with E-state index in [-0.39, 0.29) is 9.78 Å². The Bertz CT molecular complexity index is 430. The van der Waals surface area contributed by atoms with Crippen LogP contribution >= 0.6 is 0 Å². The first kappa shape index (κ1) is 14.1. The van der Waals surface area contributed by atoms with Crippen molar-refractivity contribution in [3.05, 3.63) is 35.4 Å². The van der Waals surface area contributed by atoms with Gasteiger partial charge in [0.05, 0.1) is 0 Å². The second kappa shape index (κ2) is 6.08. The third kappa shape index (κ3) is 3.75. The van der Waals surface area contributed by atoms with E-state index < -0.39 is 12.1 Å². The van der Waals surface area contributed by atoms with Crippen LogP contribution in [0.2, 0.25) is 0 Å². The number of cyclic esters (lactones) is 1. The number of carboxylic acids is 1. The molecule has 0 aliphatic carbocycles. The van der Waals surface area contributed by atoms with Gasteiger partial charge in [-0.2, -0.15) is 0 Å². The number of aliphatic hydroxyl groups excluding tert-OH is 1. The van der Waals surface area contributed by atoms with E-state index in [0.29, 0.717) is 0 Å². The van der Waals surface area contributed by atoms with Gasteiger partial charge in [0.15, 0.2) is 0 Å². The molecule has 1 aromatic rings. The molecule has 0 bridgehead atoms. The Morgan fingerprint density at radius 2 is 2.00 bits per heavy atom. The summed E-state index contributed by atoms with van der Waals surface area (Å²) in [6.45, 7) is 1.20. The summed E-state index contributed by atoms with van der Waals surface area (Å²) in [7, 11) is 0. The quantitative estimate of drug-likeness (QED) is 0.751. The van der Waals surface area contributed by atoms with Gasteiger partial charge in [0.25, 0.3) is 0 Å². The zero-order valence-electron chi connectivity index (χ0n) is 9.08. The molecule has 0 radical (unpaired) electrons. The van der Waals surface area contributed by atoms with Crippen LogP contribution in [-0.4, -0.2) is 28.3 Å². The third-order valence-electron chi connectivity index (χ3n) is 2.05. The number of ether oxygens (including phenoxy) is 1. The fraction of sp³-hybridized carbons (Fsp3) is 0.273. The predicted molar refractivity (Wildman–Crippen MR) is 53.9 cm³/mol. The van der Waals surface area contributed by atoms with E-state index >= 15 is 0 Å². The molecule has 5 nitrogen and oxygen atoms in total. The van der Waals surface area contributed by atoms with Crippen molar-refractivity contribution in [2.75, 3.05) is 0 Å². The second-order valence-corrected chi connectivity index (χ2v) is 4.68. The molecule has 2 rings (SSSR count). The van der Waals surface area contributed by atoms with Gasteiger partial charge in [-0.15, -0.1) is 0 Å². The number of fused-ring (bicyclic) bond motifs is 1. The van der Waals surface area contributed by atoms with Gasteiger partial charge in [0, 0.05) is 0 Å². The average Bonchev–Trinajstić information content (AvgIpc) is 2.56. The fourth-order valence-corrected chi connectivity index (χ4v) is 2.03. The molecule has 0 spiro atoms. The minimum atomic E-state index is -1.23. The van der Waals surface area contributed by atoms with Crippen LogP contribution in [0.15, 0.2) is 24.3 Å². The monoisotopic (exact) mass is 313 g/mol. The second-order valence-electron chi connectivity index (χ2n) is 3.39. The third-order valence-corrected chi connectivity index (χ3v) is 3.10. The summed E-state index contributed by atoms with van der Waals surface area (Å²) in [5.74, 6) is -1.36. The number of aliphatic carboxylic acids is 1.